The van der Waals surface area contributed by atoms with Crippen molar-refractivity contribution in [3.05, 3.63) is 108 Å². The SMILES string of the molecule is CCCCC/C=C/c1c(O)cc(CC=C(C)C)c2oc(=O)c(C(=O)c3cc4c(CCCCCCC)c(O)cc(CC=C(C)C)c4oc3=O)cc12. The first-order valence-corrected chi connectivity index (χ1v) is 18.1. The molecule has 0 saturated carbocycles. The number of allylic oxidation sites excluding steroid dienone is 5. The molecule has 0 aliphatic carbocycles. The van der Waals surface area contributed by atoms with Crippen LogP contribution in [0.25, 0.3) is 28.0 Å². The highest BCUT2D eigenvalue weighted by Crippen LogP contribution is 2.35. The first kappa shape index (κ1) is 38.2. The maximum absolute atomic E-state index is 14.2. The summed E-state index contributed by atoms with van der Waals surface area (Å²) in [6, 6.07) is 6.11. The molecule has 4 aromatic rings. The lowest BCUT2D eigenvalue weighted by molar-refractivity contribution is 0.103. The molecular formula is C43H52O7. The van der Waals surface area contributed by atoms with Gasteiger partial charge in [-0.3, -0.25) is 4.79 Å². The predicted molar refractivity (Wildman–Crippen MR) is 204 cm³/mol. The normalized spacial score (nSPS) is 11.5. The Kier molecular flexibility index (Phi) is 13.6. The van der Waals surface area contributed by atoms with Gasteiger partial charge in [0.15, 0.2) is 0 Å². The summed E-state index contributed by atoms with van der Waals surface area (Å²) in [6.45, 7) is 12.1. The molecule has 0 spiro atoms. The highest BCUT2D eigenvalue weighted by atomic mass is 16.4. The molecule has 50 heavy (non-hydrogen) atoms. The zero-order chi connectivity index (χ0) is 36.4. The van der Waals surface area contributed by atoms with E-state index >= 15 is 0 Å². The molecule has 0 aliphatic rings. The van der Waals surface area contributed by atoms with E-state index in [0.717, 1.165) is 68.9 Å². The van der Waals surface area contributed by atoms with Crippen LogP contribution in [0.2, 0.25) is 0 Å². The van der Waals surface area contributed by atoms with Crippen LogP contribution in [-0.2, 0) is 19.3 Å². The minimum atomic E-state index is -0.889. The summed E-state index contributed by atoms with van der Waals surface area (Å²) >= 11 is 0. The van der Waals surface area contributed by atoms with Crippen molar-refractivity contribution in [2.75, 3.05) is 0 Å². The topological polar surface area (TPSA) is 118 Å². The van der Waals surface area contributed by atoms with E-state index in [-0.39, 0.29) is 28.2 Å². The van der Waals surface area contributed by atoms with Gasteiger partial charge in [-0.25, -0.2) is 9.59 Å². The molecule has 266 valence electrons. The molecule has 0 unspecified atom stereocenters. The number of aromatic hydroxyl groups is 2. The van der Waals surface area contributed by atoms with Crippen molar-refractivity contribution in [3.8, 4) is 11.5 Å². The zero-order valence-electron chi connectivity index (χ0n) is 30.5. The average molecular weight is 681 g/mol. The van der Waals surface area contributed by atoms with Gasteiger partial charge in [-0.1, -0.05) is 87.8 Å². The number of phenols is 2. The second kappa shape index (κ2) is 17.8. The van der Waals surface area contributed by atoms with E-state index in [2.05, 4.69) is 13.8 Å². The molecule has 0 radical (unpaired) electrons. The average Bonchev–Trinajstić information content (AvgIpc) is 3.07. The summed E-state index contributed by atoms with van der Waals surface area (Å²) in [5, 5.41) is 23.2. The first-order chi connectivity index (χ1) is 24.0. The van der Waals surface area contributed by atoms with Gasteiger partial charge in [0.25, 0.3) is 0 Å². The Morgan fingerprint density at radius 2 is 1.20 bits per heavy atom. The Hall–Kier alpha value is -4.65. The molecular weight excluding hydrogens is 628 g/mol. The third kappa shape index (κ3) is 9.32. The molecule has 0 fully saturated rings. The number of carbonyl (C=O) groups is 1. The standard InChI is InChI=1S/C43H52O7/c1-7-9-11-13-15-17-31-33-25-35(42(47)49-40(33)29(23-37(31)44)21-19-27(3)4)39(46)36-26-34-32(18-16-14-12-10-8-2)38(45)24-30(22-20-28(5)6)41(34)50-43(36)48/h15,17,19-20,23-26,44-45H,7-14,16,18,21-22H2,1-6H3/b17-15+. The minimum Gasteiger partial charge on any atom is -0.508 e. The van der Waals surface area contributed by atoms with Crippen LogP contribution in [0, 0.1) is 0 Å². The Labute approximate surface area is 295 Å². The summed E-state index contributed by atoms with van der Waals surface area (Å²) < 4.78 is 11.7. The van der Waals surface area contributed by atoms with Crippen LogP contribution in [-0.4, -0.2) is 16.0 Å². The molecule has 0 aliphatic heterocycles. The number of hydrogen-bond donors (Lipinski definition) is 2. The number of fused-ring (bicyclic) bond motifs is 2. The third-order valence-electron chi connectivity index (χ3n) is 9.04. The molecule has 7 heteroatoms. The number of rotatable bonds is 17. The Bertz CT molecular complexity index is 2040. The third-order valence-corrected chi connectivity index (χ3v) is 9.04. The second-order valence-corrected chi connectivity index (χ2v) is 13.7. The molecule has 0 amide bonds. The van der Waals surface area contributed by atoms with Crippen LogP contribution >= 0.6 is 0 Å². The molecule has 7 nitrogen and oxygen atoms in total. The number of ketones is 1. The van der Waals surface area contributed by atoms with Crippen LogP contribution in [0.5, 0.6) is 11.5 Å². The number of aryl methyl sites for hydroxylation is 1. The van der Waals surface area contributed by atoms with Crippen LogP contribution in [0.1, 0.15) is 138 Å². The number of hydrogen-bond acceptors (Lipinski definition) is 7. The number of benzene rings is 2. The van der Waals surface area contributed by atoms with Crippen molar-refractivity contribution in [3.63, 3.8) is 0 Å². The summed E-state index contributed by atoms with van der Waals surface area (Å²) in [6.07, 6.45) is 18.2. The van der Waals surface area contributed by atoms with Gasteiger partial charge in [-0.05, 0) is 90.5 Å². The number of phenolic OH excluding ortho intramolecular Hbond substituents is 2. The maximum atomic E-state index is 14.2. The molecule has 0 saturated heterocycles. The Balaban J connectivity index is 1.90. The van der Waals surface area contributed by atoms with E-state index in [4.69, 9.17) is 8.83 Å². The Morgan fingerprint density at radius 1 is 0.680 bits per heavy atom. The van der Waals surface area contributed by atoms with Gasteiger partial charge < -0.3 is 19.0 Å². The molecule has 2 aromatic carbocycles. The molecule has 0 bridgehead atoms. The van der Waals surface area contributed by atoms with Crippen molar-refractivity contribution in [1.29, 1.82) is 0 Å². The van der Waals surface area contributed by atoms with Gasteiger partial charge >= 0.3 is 11.3 Å². The highest BCUT2D eigenvalue weighted by Gasteiger charge is 2.25. The van der Waals surface area contributed by atoms with Crippen LogP contribution in [0.4, 0.5) is 0 Å². The van der Waals surface area contributed by atoms with Gasteiger partial charge in [0, 0.05) is 33.0 Å². The maximum Gasteiger partial charge on any atom is 0.347 e. The van der Waals surface area contributed by atoms with Gasteiger partial charge in [-0.15, -0.1) is 0 Å². The van der Waals surface area contributed by atoms with Crippen molar-refractivity contribution < 1.29 is 23.8 Å². The van der Waals surface area contributed by atoms with Crippen LogP contribution in [0.15, 0.2) is 72.1 Å². The van der Waals surface area contributed by atoms with Gasteiger partial charge in [-0.2, -0.15) is 0 Å². The fraction of sp³-hybridized carbons (Fsp3) is 0.419. The number of unbranched alkanes of at least 4 members (excludes halogenated alkanes) is 7. The van der Waals surface area contributed by atoms with E-state index < -0.39 is 17.0 Å². The lowest BCUT2D eigenvalue weighted by Gasteiger charge is -2.13. The van der Waals surface area contributed by atoms with Gasteiger partial charge in [0.05, 0.1) is 0 Å². The van der Waals surface area contributed by atoms with Gasteiger partial charge in [0.2, 0.25) is 5.78 Å². The summed E-state index contributed by atoms with van der Waals surface area (Å²) in [7, 11) is 0. The summed E-state index contributed by atoms with van der Waals surface area (Å²) in [4.78, 5) is 41.2. The molecule has 4 rings (SSSR count). The Morgan fingerprint density at radius 3 is 1.78 bits per heavy atom. The molecule has 2 N–H and O–H groups in total. The molecule has 2 heterocycles. The highest BCUT2D eigenvalue weighted by molar-refractivity contribution is 6.11. The molecule has 2 aromatic heterocycles. The number of carbonyl (C=O) groups excluding carboxylic acids is 1. The zero-order valence-corrected chi connectivity index (χ0v) is 30.5. The lowest BCUT2D eigenvalue weighted by Crippen LogP contribution is -2.21. The quantitative estimate of drug-likeness (QED) is 0.0493. The smallest absolute Gasteiger partial charge is 0.347 e. The fourth-order valence-corrected chi connectivity index (χ4v) is 6.20. The van der Waals surface area contributed by atoms with E-state index in [0.29, 0.717) is 57.9 Å². The molecule has 0 atom stereocenters. The van der Waals surface area contributed by atoms with Crippen molar-refractivity contribution >= 4 is 33.8 Å². The van der Waals surface area contributed by atoms with E-state index in [1.54, 1.807) is 18.2 Å². The monoisotopic (exact) mass is 680 g/mol. The van der Waals surface area contributed by atoms with E-state index in [1.807, 2.05) is 45.9 Å². The lowest BCUT2D eigenvalue weighted by atomic mass is 9.94. The van der Waals surface area contributed by atoms with Gasteiger partial charge in [0.1, 0.15) is 33.8 Å². The van der Waals surface area contributed by atoms with Crippen molar-refractivity contribution in [2.45, 2.75) is 119 Å². The summed E-state index contributed by atoms with van der Waals surface area (Å²) in [5.74, 6) is -0.759. The van der Waals surface area contributed by atoms with Crippen LogP contribution < -0.4 is 11.3 Å². The van der Waals surface area contributed by atoms with Crippen molar-refractivity contribution in [1.82, 2.24) is 0 Å². The van der Waals surface area contributed by atoms with E-state index in [9.17, 15) is 24.6 Å². The second-order valence-electron chi connectivity index (χ2n) is 13.7. The first-order valence-electron chi connectivity index (χ1n) is 18.1. The van der Waals surface area contributed by atoms with Crippen LogP contribution in [0.3, 0.4) is 0 Å². The van der Waals surface area contributed by atoms with E-state index in [1.165, 1.54) is 12.1 Å². The fourth-order valence-electron chi connectivity index (χ4n) is 6.20. The largest absolute Gasteiger partial charge is 0.508 e. The summed E-state index contributed by atoms with van der Waals surface area (Å²) in [5.41, 5.74) is 2.56. The minimum absolute atomic E-state index is 0.00168. The van der Waals surface area contributed by atoms with Crippen molar-refractivity contribution in [2.24, 2.45) is 0 Å². The predicted octanol–water partition coefficient (Wildman–Crippen LogP) is 10.7.